The van der Waals surface area contributed by atoms with Crippen molar-refractivity contribution in [1.82, 2.24) is 0 Å². The van der Waals surface area contributed by atoms with Crippen LogP contribution in [0.3, 0.4) is 0 Å². The van der Waals surface area contributed by atoms with E-state index in [1.54, 1.807) is 6.07 Å². The summed E-state index contributed by atoms with van der Waals surface area (Å²) in [6.45, 7) is 2.73. The number of benzene rings is 1. The normalized spacial score (nSPS) is 11.2. The number of non-ortho nitro benzene ring substituents is 1. The van der Waals surface area contributed by atoms with Crippen LogP contribution in [0.2, 0.25) is 0 Å². The Kier molecular flexibility index (Phi) is 6.26. The molecule has 2 N–H and O–H groups in total. The van der Waals surface area contributed by atoms with Crippen LogP contribution in [0.5, 0.6) is 0 Å². The van der Waals surface area contributed by atoms with Gasteiger partial charge in [-0.2, -0.15) is 13.2 Å². The zero-order valence-electron chi connectivity index (χ0n) is 11.7. The number of halogens is 3. The molecule has 1 rings (SSSR count). The fourth-order valence-corrected chi connectivity index (χ4v) is 1.71. The molecule has 0 spiro atoms. The zero-order chi connectivity index (χ0) is 15.9. The summed E-state index contributed by atoms with van der Waals surface area (Å²) in [5, 5.41) is 16.6. The Morgan fingerprint density at radius 1 is 1.14 bits per heavy atom. The van der Waals surface area contributed by atoms with Crippen LogP contribution in [0.1, 0.15) is 26.2 Å². The first-order valence-electron chi connectivity index (χ1n) is 6.66. The van der Waals surface area contributed by atoms with E-state index < -0.39 is 17.5 Å². The van der Waals surface area contributed by atoms with E-state index in [-0.39, 0.29) is 18.7 Å². The molecule has 1 aromatic rings. The predicted octanol–water partition coefficient (Wildman–Crippen LogP) is 4.17. The summed E-state index contributed by atoms with van der Waals surface area (Å²) >= 11 is 0. The van der Waals surface area contributed by atoms with E-state index in [4.69, 9.17) is 0 Å². The van der Waals surface area contributed by atoms with Crippen LogP contribution in [-0.4, -0.2) is 24.2 Å². The quantitative estimate of drug-likeness (QED) is 0.430. The van der Waals surface area contributed by atoms with Crippen LogP contribution in [0, 0.1) is 10.1 Å². The number of nitro groups is 1. The van der Waals surface area contributed by atoms with Gasteiger partial charge in [0.15, 0.2) is 0 Å². The van der Waals surface area contributed by atoms with Crippen LogP contribution in [0.25, 0.3) is 0 Å². The van der Waals surface area contributed by atoms with Crippen molar-refractivity contribution in [1.29, 1.82) is 0 Å². The topological polar surface area (TPSA) is 67.2 Å². The monoisotopic (exact) mass is 305 g/mol. The second-order valence-electron chi connectivity index (χ2n) is 4.60. The van der Waals surface area contributed by atoms with Gasteiger partial charge in [0.2, 0.25) is 0 Å². The third-order valence-corrected chi connectivity index (χ3v) is 2.67. The molecule has 0 fully saturated rings. The molecule has 0 aliphatic carbocycles. The molecule has 0 aliphatic rings. The van der Waals surface area contributed by atoms with Crippen molar-refractivity contribution in [3.8, 4) is 0 Å². The largest absolute Gasteiger partial charge is 0.389 e. The van der Waals surface area contributed by atoms with E-state index in [0.717, 1.165) is 6.42 Å². The number of hydrogen-bond acceptors (Lipinski definition) is 4. The molecule has 0 saturated carbocycles. The standard InChI is InChI=1S/C13H18F3N3O2/c1-2-5-17-10-7-11(9-12(8-10)19(20)21)18-6-3-4-13(14,15)16/h7-9,17-18H,2-6H2,1H3. The molecule has 0 aromatic heterocycles. The SMILES string of the molecule is CCCNc1cc(NCCCC(F)(F)F)cc([N+](=O)[O-])c1. The molecule has 0 amide bonds. The van der Waals surface area contributed by atoms with Gasteiger partial charge in [-0.1, -0.05) is 6.92 Å². The Bertz CT molecular complexity index is 478. The lowest BCUT2D eigenvalue weighted by molar-refractivity contribution is -0.384. The van der Waals surface area contributed by atoms with Crippen molar-refractivity contribution in [2.24, 2.45) is 0 Å². The third kappa shape index (κ3) is 6.82. The lowest BCUT2D eigenvalue weighted by atomic mass is 10.2. The van der Waals surface area contributed by atoms with Crippen LogP contribution in [0.4, 0.5) is 30.2 Å². The molecule has 8 heteroatoms. The highest BCUT2D eigenvalue weighted by Gasteiger charge is 2.25. The Hall–Kier alpha value is -1.99. The Balaban J connectivity index is 2.67. The number of rotatable bonds is 8. The fraction of sp³-hybridized carbons (Fsp3) is 0.538. The summed E-state index contributed by atoms with van der Waals surface area (Å²) in [5.74, 6) is 0. The van der Waals surface area contributed by atoms with E-state index in [9.17, 15) is 23.3 Å². The van der Waals surface area contributed by atoms with Crippen molar-refractivity contribution in [3.63, 3.8) is 0 Å². The second kappa shape index (κ2) is 7.70. The summed E-state index contributed by atoms with van der Waals surface area (Å²) in [5.41, 5.74) is 0.906. The Morgan fingerprint density at radius 2 is 1.71 bits per heavy atom. The first-order chi connectivity index (χ1) is 9.81. The maximum atomic E-state index is 12.0. The summed E-state index contributed by atoms with van der Waals surface area (Å²) in [7, 11) is 0. The highest BCUT2D eigenvalue weighted by Crippen LogP contribution is 2.25. The van der Waals surface area contributed by atoms with Gasteiger partial charge in [-0.05, 0) is 18.9 Å². The number of alkyl halides is 3. The van der Waals surface area contributed by atoms with Gasteiger partial charge in [0.1, 0.15) is 0 Å². The van der Waals surface area contributed by atoms with Crippen LogP contribution < -0.4 is 10.6 Å². The van der Waals surface area contributed by atoms with E-state index in [1.165, 1.54) is 12.1 Å². The molecular weight excluding hydrogens is 287 g/mol. The lowest BCUT2D eigenvalue weighted by Crippen LogP contribution is -2.11. The maximum absolute atomic E-state index is 12.0. The highest BCUT2D eigenvalue weighted by molar-refractivity contribution is 5.63. The van der Waals surface area contributed by atoms with Gasteiger partial charge in [0.25, 0.3) is 5.69 Å². The summed E-state index contributed by atoms with van der Waals surface area (Å²) in [4.78, 5) is 10.3. The molecule has 0 radical (unpaired) electrons. The minimum atomic E-state index is -4.18. The Morgan fingerprint density at radius 3 is 2.19 bits per heavy atom. The molecule has 5 nitrogen and oxygen atoms in total. The van der Waals surface area contributed by atoms with Crippen molar-refractivity contribution in [2.45, 2.75) is 32.4 Å². The lowest BCUT2D eigenvalue weighted by Gasteiger charge is -2.11. The van der Waals surface area contributed by atoms with E-state index in [0.29, 0.717) is 17.9 Å². The minimum absolute atomic E-state index is 0.0795. The van der Waals surface area contributed by atoms with Gasteiger partial charge in [-0.15, -0.1) is 0 Å². The fourth-order valence-electron chi connectivity index (χ4n) is 1.71. The minimum Gasteiger partial charge on any atom is -0.385 e. The third-order valence-electron chi connectivity index (χ3n) is 2.67. The average molecular weight is 305 g/mol. The van der Waals surface area contributed by atoms with E-state index in [2.05, 4.69) is 10.6 Å². The van der Waals surface area contributed by atoms with Crippen LogP contribution in [0.15, 0.2) is 18.2 Å². The highest BCUT2D eigenvalue weighted by atomic mass is 19.4. The van der Waals surface area contributed by atoms with Gasteiger partial charge in [0.05, 0.1) is 4.92 Å². The molecule has 0 bridgehead atoms. The van der Waals surface area contributed by atoms with Crippen molar-refractivity contribution in [3.05, 3.63) is 28.3 Å². The molecule has 118 valence electrons. The number of nitrogens with one attached hydrogen (secondary N) is 2. The number of nitrogens with zero attached hydrogens (tertiary/aromatic N) is 1. The summed E-state index contributed by atoms with van der Waals surface area (Å²) < 4.78 is 36.1. The first-order valence-corrected chi connectivity index (χ1v) is 6.66. The van der Waals surface area contributed by atoms with E-state index >= 15 is 0 Å². The number of hydrogen-bond donors (Lipinski definition) is 2. The van der Waals surface area contributed by atoms with Crippen molar-refractivity contribution < 1.29 is 18.1 Å². The number of nitro benzene ring substituents is 1. The average Bonchev–Trinajstić information content (AvgIpc) is 2.40. The molecule has 21 heavy (non-hydrogen) atoms. The molecule has 1 aromatic carbocycles. The van der Waals surface area contributed by atoms with Gasteiger partial charge < -0.3 is 10.6 Å². The van der Waals surface area contributed by atoms with Crippen molar-refractivity contribution in [2.75, 3.05) is 23.7 Å². The van der Waals surface area contributed by atoms with Gasteiger partial charge >= 0.3 is 6.18 Å². The second-order valence-corrected chi connectivity index (χ2v) is 4.60. The molecule has 0 unspecified atom stereocenters. The smallest absolute Gasteiger partial charge is 0.385 e. The van der Waals surface area contributed by atoms with Crippen LogP contribution in [-0.2, 0) is 0 Å². The Labute approximate surface area is 120 Å². The molecule has 0 aliphatic heterocycles. The zero-order valence-corrected chi connectivity index (χ0v) is 11.7. The molecule has 0 heterocycles. The molecule has 0 atom stereocenters. The van der Waals surface area contributed by atoms with Gasteiger partial charge in [-0.3, -0.25) is 10.1 Å². The number of anilines is 2. The van der Waals surface area contributed by atoms with Gasteiger partial charge in [0, 0.05) is 43.0 Å². The summed E-state index contributed by atoms with van der Waals surface area (Å²) in [6, 6.07) is 4.36. The first kappa shape index (κ1) is 17.1. The molecule has 0 saturated heterocycles. The maximum Gasteiger partial charge on any atom is 0.389 e. The predicted molar refractivity (Wildman–Crippen MR) is 75.7 cm³/mol. The summed E-state index contributed by atoms with van der Waals surface area (Å²) in [6.07, 6.45) is -4.28. The molecular formula is C13H18F3N3O2. The van der Waals surface area contributed by atoms with Crippen molar-refractivity contribution >= 4 is 17.1 Å². The van der Waals surface area contributed by atoms with E-state index in [1.807, 2.05) is 6.92 Å². The van der Waals surface area contributed by atoms with Gasteiger partial charge in [-0.25, -0.2) is 0 Å². The van der Waals surface area contributed by atoms with Crippen LogP contribution >= 0.6 is 0 Å².